The molecule has 1 amide bonds. The number of methoxy groups -OCH3 is 2. The van der Waals surface area contributed by atoms with Crippen LogP contribution in [-0.4, -0.2) is 30.1 Å². The van der Waals surface area contributed by atoms with Crippen molar-refractivity contribution >= 4 is 33.3 Å². The number of aromatic nitrogens is 2. The van der Waals surface area contributed by atoms with Gasteiger partial charge in [-0.15, -0.1) is 0 Å². The van der Waals surface area contributed by atoms with E-state index in [0.29, 0.717) is 28.6 Å². The Morgan fingerprint density at radius 2 is 1.59 bits per heavy atom. The first-order valence-electron chi connectivity index (χ1n) is 10.6. The number of pyridine rings is 2. The molecule has 168 valence electrons. The molecule has 0 radical (unpaired) electrons. The van der Waals surface area contributed by atoms with Crippen LogP contribution in [0.25, 0.3) is 21.7 Å². The quantitative estimate of drug-likeness (QED) is 0.349. The highest BCUT2D eigenvalue weighted by molar-refractivity contribution is 6.09. The summed E-state index contributed by atoms with van der Waals surface area (Å²) in [6, 6.07) is 20.3. The van der Waals surface area contributed by atoms with Gasteiger partial charge in [-0.1, -0.05) is 12.1 Å². The number of ether oxygens (including phenoxy) is 3. The molecular weight excluding hydrogens is 430 g/mol. The van der Waals surface area contributed by atoms with Gasteiger partial charge in [-0.3, -0.25) is 14.8 Å². The van der Waals surface area contributed by atoms with Crippen molar-refractivity contribution in [3.05, 3.63) is 90.9 Å². The topological polar surface area (TPSA) is 82.6 Å². The fraction of sp³-hybridized carbons (Fsp3) is 0.0741. The Labute approximate surface area is 195 Å². The first-order chi connectivity index (χ1) is 16.7. The fourth-order valence-corrected chi connectivity index (χ4v) is 3.80. The van der Waals surface area contributed by atoms with Gasteiger partial charge >= 0.3 is 0 Å². The molecule has 0 spiro atoms. The third-order valence-corrected chi connectivity index (χ3v) is 5.48. The standard InChI is InChI=1S/C27H21N3O4/c1-32-25-15-21-23(16-26(25)33-2)29-13-10-24(21)34-19-6-7-20-18(14-19)4-3-5-22(20)30-27(31)17-8-11-28-12-9-17/h3-16H,1-2H3,(H,30,31). The summed E-state index contributed by atoms with van der Waals surface area (Å²) < 4.78 is 17.0. The van der Waals surface area contributed by atoms with Crippen molar-refractivity contribution in [3.8, 4) is 23.0 Å². The van der Waals surface area contributed by atoms with Crippen LogP contribution in [0.1, 0.15) is 10.4 Å². The van der Waals surface area contributed by atoms with E-state index < -0.39 is 0 Å². The summed E-state index contributed by atoms with van der Waals surface area (Å²) in [6.45, 7) is 0. The predicted octanol–water partition coefficient (Wildman–Crippen LogP) is 5.84. The Hall–Kier alpha value is -4.65. The molecule has 1 N–H and O–H groups in total. The average molecular weight is 451 g/mol. The van der Waals surface area contributed by atoms with Crippen LogP contribution in [0.15, 0.2) is 85.3 Å². The smallest absolute Gasteiger partial charge is 0.255 e. The van der Waals surface area contributed by atoms with Crippen molar-refractivity contribution in [1.82, 2.24) is 9.97 Å². The Kier molecular flexibility index (Phi) is 5.66. The molecule has 0 aliphatic carbocycles. The van der Waals surface area contributed by atoms with Gasteiger partial charge in [0.2, 0.25) is 0 Å². The van der Waals surface area contributed by atoms with Crippen molar-refractivity contribution in [2.75, 3.05) is 19.5 Å². The van der Waals surface area contributed by atoms with Crippen molar-refractivity contribution in [2.24, 2.45) is 0 Å². The molecule has 3 aromatic carbocycles. The summed E-state index contributed by atoms with van der Waals surface area (Å²) in [5.41, 5.74) is 2.00. The van der Waals surface area contributed by atoms with Gasteiger partial charge in [0.05, 0.1) is 19.7 Å². The van der Waals surface area contributed by atoms with E-state index in [0.717, 1.165) is 27.4 Å². The van der Waals surface area contributed by atoms with Crippen LogP contribution in [0.3, 0.4) is 0 Å². The monoisotopic (exact) mass is 451 g/mol. The lowest BCUT2D eigenvalue weighted by molar-refractivity contribution is 0.102. The number of anilines is 1. The maximum atomic E-state index is 12.6. The SMILES string of the molecule is COc1cc2nccc(Oc3ccc4c(NC(=O)c5ccncc5)cccc4c3)c2cc1OC. The number of hydrogen-bond acceptors (Lipinski definition) is 6. The molecule has 0 bridgehead atoms. The summed E-state index contributed by atoms with van der Waals surface area (Å²) in [7, 11) is 3.18. The number of rotatable bonds is 6. The summed E-state index contributed by atoms with van der Waals surface area (Å²) >= 11 is 0. The zero-order valence-corrected chi connectivity index (χ0v) is 18.6. The second-order valence-electron chi connectivity index (χ2n) is 7.51. The first-order valence-corrected chi connectivity index (χ1v) is 10.6. The molecular formula is C27H21N3O4. The molecule has 0 unspecified atom stereocenters. The molecule has 7 nitrogen and oxygen atoms in total. The summed E-state index contributed by atoms with van der Waals surface area (Å²) in [6.07, 6.45) is 4.88. The third-order valence-electron chi connectivity index (χ3n) is 5.48. The van der Waals surface area contributed by atoms with E-state index in [1.165, 1.54) is 0 Å². The van der Waals surface area contributed by atoms with E-state index in [2.05, 4.69) is 15.3 Å². The zero-order valence-electron chi connectivity index (χ0n) is 18.6. The average Bonchev–Trinajstić information content (AvgIpc) is 2.88. The lowest BCUT2D eigenvalue weighted by Crippen LogP contribution is -2.12. The minimum absolute atomic E-state index is 0.192. The molecule has 5 rings (SSSR count). The molecule has 0 saturated carbocycles. The van der Waals surface area contributed by atoms with Crippen LogP contribution in [-0.2, 0) is 0 Å². The van der Waals surface area contributed by atoms with Gasteiger partial charge in [0, 0.05) is 46.7 Å². The molecule has 2 heterocycles. The van der Waals surface area contributed by atoms with Crippen LogP contribution >= 0.6 is 0 Å². The highest BCUT2D eigenvalue weighted by atomic mass is 16.5. The van der Waals surface area contributed by atoms with Gasteiger partial charge in [0.15, 0.2) is 11.5 Å². The van der Waals surface area contributed by atoms with Gasteiger partial charge in [-0.25, -0.2) is 0 Å². The second-order valence-corrected chi connectivity index (χ2v) is 7.51. The molecule has 0 aliphatic heterocycles. The predicted molar refractivity (Wildman–Crippen MR) is 131 cm³/mol. The summed E-state index contributed by atoms with van der Waals surface area (Å²) in [5, 5.41) is 5.62. The number of hydrogen-bond donors (Lipinski definition) is 1. The van der Waals surface area contributed by atoms with Crippen LogP contribution in [0.2, 0.25) is 0 Å². The Morgan fingerprint density at radius 1 is 0.794 bits per heavy atom. The molecule has 34 heavy (non-hydrogen) atoms. The maximum absolute atomic E-state index is 12.6. The fourth-order valence-electron chi connectivity index (χ4n) is 3.80. The second kappa shape index (κ2) is 9.07. The summed E-state index contributed by atoms with van der Waals surface area (Å²) in [4.78, 5) is 21.0. The highest BCUT2D eigenvalue weighted by Gasteiger charge is 2.13. The number of benzene rings is 3. The van der Waals surface area contributed by atoms with E-state index in [-0.39, 0.29) is 5.91 Å². The molecule has 5 aromatic rings. The minimum atomic E-state index is -0.192. The van der Waals surface area contributed by atoms with E-state index in [9.17, 15) is 4.79 Å². The zero-order chi connectivity index (χ0) is 23.5. The van der Waals surface area contributed by atoms with Gasteiger partial charge in [-0.05, 0) is 53.9 Å². The first kappa shape index (κ1) is 21.2. The maximum Gasteiger partial charge on any atom is 0.255 e. The highest BCUT2D eigenvalue weighted by Crippen LogP contribution is 2.37. The van der Waals surface area contributed by atoms with Gasteiger partial charge in [-0.2, -0.15) is 0 Å². The Morgan fingerprint density at radius 3 is 2.38 bits per heavy atom. The molecule has 0 aliphatic rings. The lowest BCUT2D eigenvalue weighted by atomic mass is 10.1. The number of nitrogens with one attached hydrogen (secondary N) is 1. The van der Waals surface area contributed by atoms with Crippen molar-refractivity contribution in [2.45, 2.75) is 0 Å². The number of fused-ring (bicyclic) bond motifs is 2. The molecule has 7 heteroatoms. The van der Waals surface area contributed by atoms with Gasteiger partial charge in [0.1, 0.15) is 11.5 Å². The van der Waals surface area contributed by atoms with Crippen molar-refractivity contribution in [3.63, 3.8) is 0 Å². The number of amides is 1. The lowest BCUT2D eigenvalue weighted by Gasteiger charge is -2.13. The van der Waals surface area contributed by atoms with Crippen LogP contribution < -0.4 is 19.5 Å². The van der Waals surface area contributed by atoms with Crippen LogP contribution in [0, 0.1) is 0 Å². The number of nitrogens with zero attached hydrogens (tertiary/aromatic N) is 2. The molecule has 0 fully saturated rings. The molecule has 2 aromatic heterocycles. The van der Waals surface area contributed by atoms with E-state index in [1.54, 1.807) is 44.9 Å². The van der Waals surface area contributed by atoms with Gasteiger partial charge < -0.3 is 19.5 Å². The largest absolute Gasteiger partial charge is 0.493 e. The van der Waals surface area contributed by atoms with Crippen LogP contribution in [0.4, 0.5) is 5.69 Å². The van der Waals surface area contributed by atoms with Crippen molar-refractivity contribution in [1.29, 1.82) is 0 Å². The Bertz CT molecular complexity index is 1500. The Balaban J connectivity index is 1.47. The van der Waals surface area contributed by atoms with Crippen LogP contribution in [0.5, 0.6) is 23.0 Å². The number of carbonyl (C=O) groups excluding carboxylic acids is 1. The molecule has 0 atom stereocenters. The van der Waals surface area contributed by atoms with E-state index in [1.807, 2.05) is 54.6 Å². The van der Waals surface area contributed by atoms with E-state index >= 15 is 0 Å². The normalized spacial score (nSPS) is 10.8. The van der Waals surface area contributed by atoms with Crippen molar-refractivity contribution < 1.29 is 19.0 Å². The number of carbonyl (C=O) groups is 1. The van der Waals surface area contributed by atoms with E-state index in [4.69, 9.17) is 14.2 Å². The third kappa shape index (κ3) is 4.06. The van der Waals surface area contributed by atoms with Gasteiger partial charge in [0.25, 0.3) is 5.91 Å². The summed E-state index contributed by atoms with van der Waals surface area (Å²) in [5.74, 6) is 2.32. The molecule has 0 saturated heterocycles. The minimum Gasteiger partial charge on any atom is -0.493 e.